The van der Waals surface area contributed by atoms with Crippen LogP contribution in [0, 0.1) is 5.92 Å². The molecule has 1 N–H and O–H groups in total. The maximum Gasteiger partial charge on any atom is 0.0594 e. The zero-order valence-corrected chi connectivity index (χ0v) is 12.9. The van der Waals surface area contributed by atoms with Gasteiger partial charge in [0.25, 0.3) is 0 Å². The number of hydrogen-bond acceptors (Lipinski definition) is 4. The van der Waals surface area contributed by atoms with Crippen molar-refractivity contribution in [1.29, 1.82) is 0 Å². The van der Waals surface area contributed by atoms with Gasteiger partial charge in [0, 0.05) is 43.9 Å². The molecular weight excluding hydrogens is 264 g/mol. The summed E-state index contributed by atoms with van der Waals surface area (Å²) >= 11 is 0. The highest BCUT2D eigenvalue weighted by atomic mass is 16.5. The minimum atomic E-state index is 0.470. The van der Waals surface area contributed by atoms with E-state index in [9.17, 15) is 0 Å². The second-order valence-electron chi connectivity index (χ2n) is 6.14. The van der Waals surface area contributed by atoms with Crippen LogP contribution in [-0.2, 0) is 16.0 Å². The van der Waals surface area contributed by atoms with E-state index in [-0.39, 0.29) is 0 Å². The third-order valence-electron chi connectivity index (χ3n) is 4.53. The number of morpholine rings is 1. The second kappa shape index (κ2) is 7.25. The lowest BCUT2D eigenvalue weighted by Crippen LogP contribution is -2.35. The van der Waals surface area contributed by atoms with Crippen molar-refractivity contribution in [2.75, 3.05) is 44.8 Å². The Balaban J connectivity index is 1.51. The first-order valence-electron chi connectivity index (χ1n) is 8.04. The highest BCUT2D eigenvalue weighted by Crippen LogP contribution is 2.21. The van der Waals surface area contributed by atoms with Crippen LogP contribution in [0.15, 0.2) is 24.3 Å². The van der Waals surface area contributed by atoms with Gasteiger partial charge in [0.05, 0.1) is 19.8 Å². The molecule has 4 heteroatoms. The number of anilines is 1. The minimum Gasteiger partial charge on any atom is -0.382 e. The molecule has 0 spiro atoms. The first kappa shape index (κ1) is 14.8. The Morgan fingerprint density at radius 1 is 1.14 bits per heavy atom. The van der Waals surface area contributed by atoms with Gasteiger partial charge < -0.3 is 14.8 Å². The Kier molecular flexibility index (Phi) is 5.12. The molecule has 4 nitrogen and oxygen atoms in total. The molecular formula is C17H26N2O2. The average Bonchev–Trinajstić information content (AvgIpc) is 3.05. The SMILES string of the molecule is CC(Nc1ccc(CN2CCOCC2)cc1)C1CCOC1. The van der Waals surface area contributed by atoms with E-state index >= 15 is 0 Å². The van der Waals surface area contributed by atoms with Gasteiger partial charge in [-0.15, -0.1) is 0 Å². The summed E-state index contributed by atoms with van der Waals surface area (Å²) in [5, 5.41) is 3.60. The highest BCUT2D eigenvalue weighted by Gasteiger charge is 2.22. The van der Waals surface area contributed by atoms with E-state index in [0.29, 0.717) is 12.0 Å². The molecule has 2 fully saturated rings. The van der Waals surface area contributed by atoms with Crippen LogP contribution in [0.25, 0.3) is 0 Å². The smallest absolute Gasteiger partial charge is 0.0594 e. The van der Waals surface area contributed by atoms with Crippen LogP contribution in [0.1, 0.15) is 18.9 Å². The van der Waals surface area contributed by atoms with Crippen molar-refractivity contribution in [2.45, 2.75) is 25.9 Å². The van der Waals surface area contributed by atoms with Gasteiger partial charge in [-0.2, -0.15) is 0 Å². The third-order valence-corrected chi connectivity index (χ3v) is 4.53. The molecule has 0 bridgehead atoms. The Labute approximate surface area is 127 Å². The fourth-order valence-corrected chi connectivity index (χ4v) is 3.05. The molecule has 0 aliphatic carbocycles. The van der Waals surface area contributed by atoms with Crippen molar-refractivity contribution in [3.05, 3.63) is 29.8 Å². The predicted octanol–water partition coefficient (Wildman–Crippen LogP) is 2.36. The van der Waals surface area contributed by atoms with Crippen molar-refractivity contribution in [1.82, 2.24) is 4.90 Å². The van der Waals surface area contributed by atoms with Gasteiger partial charge in [-0.25, -0.2) is 0 Å². The van der Waals surface area contributed by atoms with E-state index in [1.807, 2.05) is 0 Å². The molecule has 2 unspecified atom stereocenters. The molecule has 21 heavy (non-hydrogen) atoms. The molecule has 116 valence electrons. The van der Waals surface area contributed by atoms with Crippen LogP contribution >= 0.6 is 0 Å². The summed E-state index contributed by atoms with van der Waals surface area (Å²) < 4.78 is 10.9. The summed E-state index contributed by atoms with van der Waals surface area (Å²) in [5.74, 6) is 0.637. The lowest BCUT2D eigenvalue weighted by Gasteiger charge is -2.26. The monoisotopic (exact) mass is 290 g/mol. The normalized spacial score (nSPS) is 24.9. The number of ether oxygens (including phenoxy) is 2. The van der Waals surface area contributed by atoms with Gasteiger partial charge >= 0.3 is 0 Å². The van der Waals surface area contributed by atoms with E-state index in [1.165, 1.54) is 17.7 Å². The lowest BCUT2D eigenvalue weighted by molar-refractivity contribution is 0.0342. The van der Waals surface area contributed by atoms with Crippen molar-refractivity contribution < 1.29 is 9.47 Å². The molecule has 0 radical (unpaired) electrons. The molecule has 2 aliphatic rings. The average molecular weight is 290 g/mol. The predicted molar refractivity (Wildman–Crippen MR) is 84.5 cm³/mol. The number of nitrogens with zero attached hydrogens (tertiary/aromatic N) is 1. The summed E-state index contributed by atoms with van der Waals surface area (Å²) in [7, 11) is 0. The molecule has 3 rings (SSSR count). The second-order valence-corrected chi connectivity index (χ2v) is 6.14. The van der Waals surface area contributed by atoms with Crippen LogP contribution in [0.3, 0.4) is 0 Å². The highest BCUT2D eigenvalue weighted by molar-refractivity contribution is 5.45. The van der Waals surface area contributed by atoms with Gasteiger partial charge in [-0.05, 0) is 31.0 Å². The molecule has 0 saturated carbocycles. The fraction of sp³-hybridized carbons (Fsp3) is 0.647. The van der Waals surface area contributed by atoms with Crippen LogP contribution in [0.4, 0.5) is 5.69 Å². The first-order chi connectivity index (χ1) is 10.3. The fourth-order valence-electron chi connectivity index (χ4n) is 3.05. The standard InChI is InChI=1S/C17H26N2O2/c1-14(16-6-9-21-13-16)18-17-4-2-15(3-5-17)12-19-7-10-20-11-8-19/h2-5,14,16,18H,6-13H2,1H3. The summed E-state index contributed by atoms with van der Waals surface area (Å²) in [5.41, 5.74) is 2.58. The lowest BCUT2D eigenvalue weighted by atomic mass is 10.0. The molecule has 1 aromatic rings. The Morgan fingerprint density at radius 3 is 2.57 bits per heavy atom. The molecule has 2 atom stereocenters. The molecule has 2 saturated heterocycles. The van der Waals surface area contributed by atoms with E-state index < -0.39 is 0 Å². The van der Waals surface area contributed by atoms with E-state index in [1.54, 1.807) is 0 Å². The van der Waals surface area contributed by atoms with Crippen molar-refractivity contribution in [3.8, 4) is 0 Å². The number of hydrogen-bond donors (Lipinski definition) is 1. The van der Waals surface area contributed by atoms with Gasteiger partial charge in [0.1, 0.15) is 0 Å². The molecule has 2 heterocycles. The zero-order valence-electron chi connectivity index (χ0n) is 12.9. The molecule has 1 aromatic carbocycles. The maximum absolute atomic E-state index is 5.46. The number of nitrogens with one attached hydrogen (secondary N) is 1. The summed E-state index contributed by atoms with van der Waals surface area (Å²) in [6, 6.07) is 9.33. The van der Waals surface area contributed by atoms with Crippen LogP contribution in [0.5, 0.6) is 0 Å². The van der Waals surface area contributed by atoms with Gasteiger partial charge in [-0.1, -0.05) is 12.1 Å². The van der Waals surface area contributed by atoms with E-state index in [0.717, 1.165) is 46.1 Å². The Bertz CT molecular complexity index is 423. The number of benzene rings is 1. The van der Waals surface area contributed by atoms with E-state index in [4.69, 9.17) is 9.47 Å². The largest absolute Gasteiger partial charge is 0.382 e. The van der Waals surface area contributed by atoms with Gasteiger partial charge in [0.15, 0.2) is 0 Å². The molecule has 0 aromatic heterocycles. The Hall–Kier alpha value is -1.10. The number of rotatable bonds is 5. The summed E-state index contributed by atoms with van der Waals surface area (Å²) in [4.78, 5) is 2.45. The molecule has 2 aliphatic heterocycles. The zero-order chi connectivity index (χ0) is 14.5. The van der Waals surface area contributed by atoms with Crippen LogP contribution in [-0.4, -0.2) is 50.5 Å². The molecule has 0 amide bonds. The third kappa shape index (κ3) is 4.19. The van der Waals surface area contributed by atoms with Gasteiger partial charge in [-0.3, -0.25) is 4.90 Å². The summed E-state index contributed by atoms with van der Waals surface area (Å²) in [6.45, 7) is 8.88. The minimum absolute atomic E-state index is 0.470. The van der Waals surface area contributed by atoms with Crippen LogP contribution < -0.4 is 5.32 Å². The maximum atomic E-state index is 5.46. The van der Waals surface area contributed by atoms with E-state index in [2.05, 4.69) is 41.4 Å². The van der Waals surface area contributed by atoms with Crippen LogP contribution in [0.2, 0.25) is 0 Å². The van der Waals surface area contributed by atoms with Crippen molar-refractivity contribution in [3.63, 3.8) is 0 Å². The quantitative estimate of drug-likeness (QED) is 0.902. The summed E-state index contributed by atoms with van der Waals surface area (Å²) in [6.07, 6.45) is 1.17. The first-order valence-corrected chi connectivity index (χ1v) is 8.04. The van der Waals surface area contributed by atoms with Crippen molar-refractivity contribution in [2.24, 2.45) is 5.92 Å². The Morgan fingerprint density at radius 2 is 1.90 bits per heavy atom. The topological polar surface area (TPSA) is 33.7 Å². The van der Waals surface area contributed by atoms with Crippen molar-refractivity contribution >= 4 is 5.69 Å². The van der Waals surface area contributed by atoms with Gasteiger partial charge in [0.2, 0.25) is 0 Å².